The molecule has 0 amide bonds. The van der Waals surface area contributed by atoms with E-state index in [4.69, 9.17) is 0 Å². The summed E-state index contributed by atoms with van der Waals surface area (Å²) >= 11 is 3.26. The number of nitrogens with one attached hydrogen (secondary N) is 1. The SMILES string of the molecule is CCN(CC)C(C)(C)C(Cc1ccc(F)c(Br)c1)NC. The summed E-state index contributed by atoms with van der Waals surface area (Å²) in [5.41, 5.74) is 1.18. The maximum atomic E-state index is 13.3. The van der Waals surface area contributed by atoms with Gasteiger partial charge in [0.05, 0.1) is 4.47 Å². The first kappa shape index (κ1) is 17.6. The normalized spacial score (nSPS) is 13.8. The van der Waals surface area contributed by atoms with E-state index in [1.54, 1.807) is 0 Å². The molecule has 1 unspecified atom stereocenters. The van der Waals surface area contributed by atoms with Gasteiger partial charge >= 0.3 is 0 Å². The summed E-state index contributed by atoms with van der Waals surface area (Å²) in [5, 5.41) is 3.42. The molecule has 0 fully saturated rings. The molecule has 2 nitrogen and oxygen atoms in total. The molecule has 0 radical (unpaired) electrons. The second-order valence-corrected chi connectivity index (χ2v) is 6.47. The second-order valence-electron chi connectivity index (χ2n) is 5.62. The van der Waals surface area contributed by atoms with Gasteiger partial charge in [0.1, 0.15) is 5.82 Å². The van der Waals surface area contributed by atoms with Crippen molar-refractivity contribution in [3.63, 3.8) is 0 Å². The number of rotatable bonds is 7. The van der Waals surface area contributed by atoms with Gasteiger partial charge in [0.25, 0.3) is 0 Å². The van der Waals surface area contributed by atoms with Crippen molar-refractivity contribution >= 4 is 15.9 Å². The lowest BCUT2D eigenvalue weighted by molar-refractivity contribution is 0.0943. The number of hydrogen-bond donors (Lipinski definition) is 1. The third kappa shape index (κ3) is 4.03. The maximum Gasteiger partial charge on any atom is 0.137 e. The van der Waals surface area contributed by atoms with Crippen LogP contribution in [0.4, 0.5) is 4.39 Å². The Morgan fingerprint density at radius 1 is 1.30 bits per heavy atom. The van der Waals surface area contributed by atoms with Gasteiger partial charge in [-0.25, -0.2) is 4.39 Å². The number of benzene rings is 1. The summed E-state index contributed by atoms with van der Waals surface area (Å²) in [7, 11) is 1.99. The Balaban J connectivity index is 2.93. The Kier molecular flexibility index (Phi) is 6.62. The summed E-state index contributed by atoms with van der Waals surface area (Å²) in [6.07, 6.45) is 0.874. The van der Waals surface area contributed by atoms with Crippen molar-refractivity contribution in [1.82, 2.24) is 10.2 Å². The van der Waals surface area contributed by atoms with E-state index in [1.165, 1.54) is 6.07 Å². The van der Waals surface area contributed by atoms with Gasteiger partial charge in [-0.05, 0) is 74.0 Å². The molecule has 0 aliphatic rings. The van der Waals surface area contributed by atoms with Gasteiger partial charge in [-0.3, -0.25) is 4.90 Å². The summed E-state index contributed by atoms with van der Waals surface area (Å²) in [4.78, 5) is 2.45. The second kappa shape index (κ2) is 7.53. The van der Waals surface area contributed by atoms with E-state index in [-0.39, 0.29) is 11.4 Å². The molecule has 4 heteroatoms. The summed E-state index contributed by atoms with van der Waals surface area (Å²) in [5.74, 6) is -0.210. The van der Waals surface area contributed by atoms with Gasteiger partial charge < -0.3 is 5.32 Å². The van der Waals surface area contributed by atoms with Gasteiger partial charge in [0, 0.05) is 11.6 Å². The lowest BCUT2D eigenvalue weighted by Gasteiger charge is -2.43. The van der Waals surface area contributed by atoms with Crippen molar-refractivity contribution < 1.29 is 4.39 Å². The van der Waals surface area contributed by atoms with Crippen LogP contribution in [-0.2, 0) is 6.42 Å². The monoisotopic (exact) mass is 344 g/mol. The Hall–Kier alpha value is -0.450. The van der Waals surface area contributed by atoms with Crippen molar-refractivity contribution in [3.8, 4) is 0 Å². The van der Waals surface area contributed by atoms with E-state index in [1.807, 2.05) is 19.2 Å². The number of nitrogens with zero attached hydrogens (tertiary/aromatic N) is 1. The highest BCUT2D eigenvalue weighted by Gasteiger charge is 2.33. The van der Waals surface area contributed by atoms with Crippen LogP contribution in [-0.4, -0.2) is 36.6 Å². The van der Waals surface area contributed by atoms with Crippen LogP contribution < -0.4 is 5.32 Å². The zero-order valence-electron chi connectivity index (χ0n) is 13.1. The fraction of sp³-hybridized carbons (Fsp3) is 0.625. The Morgan fingerprint density at radius 2 is 1.90 bits per heavy atom. The minimum Gasteiger partial charge on any atom is -0.315 e. The fourth-order valence-corrected chi connectivity index (χ4v) is 3.29. The Labute approximate surface area is 130 Å². The van der Waals surface area contributed by atoms with Crippen LogP contribution in [0.2, 0.25) is 0 Å². The quantitative estimate of drug-likeness (QED) is 0.808. The van der Waals surface area contributed by atoms with E-state index >= 15 is 0 Å². The number of hydrogen-bond acceptors (Lipinski definition) is 2. The lowest BCUT2D eigenvalue weighted by Crippen LogP contribution is -2.57. The molecular weight excluding hydrogens is 319 g/mol. The predicted molar refractivity (Wildman–Crippen MR) is 87.7 cm³/mol. The van der Waals surface area contributed by atoms with E-state index in [0.29, 0.717) is 10.5 Å². The Morgan fingerprint density at radius 3 is 2.35 bits per heavy atom. The third-order valence-electron chi connectivity index (χ3n) is 4.20. The van der Waals surface area contributed by atoms with Crippen molar-refractivity contribution in [2.24, 2.45) is 0 Å². The summed E-state index contributed by atoms with van der Waals surface area (Å²) < 4.78 is 13.9. The molecule has 0 aliphatic carbocycles. The average molecular weight is 345 g/mol. The molecule has 20 heavy (non-hydrogen) atoms. The zero-order chi connectivity index (χ0) is 15.3. The molecule has 0 bridgehead atoms. The molecule has 0 heterocycles. The van der Waals surface area contributed by atoms with Crippen molar-refractivity contribution in [1.29, 1.82) is 0 Å². The van der Waals surface area contributed by atoms with Crippen molar-refractivity contribution in [2.45, 2.75) is 45.7 Å². The van der Waals surface area contributed by atoms with Gasteiger partial charge in [-0.2, -0.15) is 0 Å². The average Bonchev–Trinajstić information content (AvgIpc) is 2.40. The molecule has 0 aliphatic heterocycles. The molecule has 114 valence electrons. The molecule has 1 N–H and O–H groups in total. The molecule has 1 atom stereocenters. The first-order valence-electron chi connectivity index (χ1n) is 7.23. The van der Waals surface area contributed by atoms with Crippen LogP contribution in [0.25, 0.3) is 0 Å². The summed E-state index contributed by atoms with van der Waals surface area (Å²) in [6, 6.07) is 5.57. The predicted octanol–water partition coefficient (Wildman–Crippen LogP) is 3.84. The van der Waals surface area contributed by atoms with Gasteiger partial charge in [0.2, 0.25) is 0 Å². The smallest absolute Gasteiger partial charge is 0.137 e. The van der Waals surface area contributed by atoms with E-state index in [9.17, 15) is 4.39 Å². The third-order valence-corrected chi connectivity index (χ3v) is 4.81. The minimum atomic E-state index is -0.210. The minimum absolute atomic E-state index is 0.0408. The molecule has 0 aromatic heterocycles. The fourth-order valence-electron chi connectivity index (χ4n) is 2.87. The van der Waals surface area contributed by atoms with E-state index in [0.717, 1.165) is 25.1 Å². The number of halogens is 2. The first-order chi connectivity index (χ1) is 9.36. The molecule has 1 aromatic carbocycles. The van der Waals surface area contributed by atoms with Crippen LogP contribution in [0, 0.1) is 5.82 Å². The zero-order valence-corrected chi connectivity index (χ0v) is 14.7. The first-order valence-corrected chi connectivity index (χ1v) is 8.02. The van der Waals surface area contributed by atoms with E-state index in [2.05, 4.69) is 53.8 Å². The van der Waals surface area contributed by atoms with Gasteiger partial charge in [-0.1, -0.05) is 19.9 Å². The standard InChI is InChI=1S/C16H26BrFN2/c1-6-20(7-2)16(3,4)15(19-5)11-12-8-9-14(18)13(17)10-12/h8-10,15,19H,6-7,11H2,1-5H3. The van der Waals surface area contributed by atoms with E-state index < -0.39 is 0 Å². The highest BCUT2D eigenvalue weighted by molar-refractivity contribution is 9.10. The molecule has 0 spiro atoms. The molecule has 0 saturated carbocycles. The maximum absolute atomic E-state index is 13.3. The van der Waals surface area contributed by atoms with Crippen molar-refractivity contribution in [2.75, 3.05) is 20.1 Å². The van der Waals surface area contributed by atoms with Crippen LogP contribution >= 0.6 is 15.9 Å². The van der Waals surface area contributed by atoms with Crippen LogP contribution in [0.15, 0.2) is 22.7 Å². The highest BCUT2D eigenvalue weighted by Crippen LogP contribution is 2.24. The Bertz CT molecular complexity index is 430. The summed E-state index contributed by atoms with van der Waals surface area (Å²) in [6.45, 7) is 10.9. The molecule has 1 rings (SSSR count). The molecule has 0 saturated heterocycles. The topological polar surface area (TPSA) is 15.3 Å². The highest BCUT2D eigenvalue weighted by atomic mass is 79.9. The van der Waals surface area contributed by atoms with Crippen molar-refractivity contribution in [3.05, 3.63) is 34.1 Å². The van der Waals surface area contributed by atoms with Crippen LogP contribution in [0.5, 0.6) is 0 Å². The largest absolute Gasteiger partial charge is 0.315 e. The van der Waals surface area contributed by atoms with Gasteiger partial charge in [-0.15, -0.1) is 0 Å². The van der Waals surface area contributed by atoms with Crippen LogP contribution in [0.3, 0.4) is 0 Å². The number of likely N-dealkylation sites (N-methyl/N-ethyl adjacent to an activating group) is 2. The van der Waals surface area contributed by atoms with Crippen LogP contribution in [0.1, 0.15) is 33.3 Å². The lowest BCUT2D eigenvalue weighted by atomic mass is 9.87. The molecule has 1 aromatic rings. The molecular formula is C16H26BrFN2. The van der Waals surface area contributed by atoms with Gasteiger partial charge in [0.15, 0.2) is 0 Å².